The van der Waals surface area contributed by atoms with E-state index in [1.165, 1.54) is 6.08 Å². The van der Waals surface area contributed by atoms with Crippen molar-refractivity contribution in [3.63, 3.8) is 0 Å². The first-order valence-electron chi connectivity index (χ1n) is 6.93. The Kier molecular flexibility index (Phi) is 5.43. The molecular formula is C19H17NO3. The van der Waals surface area contributed by atoms with E-state index >= 15 is 0 Å². The van der Waals surface area contributed by atoms with E-state index in [0.29, 0.717) is 22.7 Å². The number of terminal acetylenes is 1. The number of methoxy groups -OCH3 is 2. The average molecular weight is 307 g/mol. The molecule has 4 heteroatoms. The summed E-state index contributed by atoms with van der Waals surface area (Å²) in [7, 11) is 3.15. The van der Waals surface area contributed by atoms with E-state index in [2.05, 4.69) is 11.2 Å². The quantitative estimate of drug-likeness (QED) is 0.681. The summed E-state index contributed by atoms with van der Waals surface area (Å²) in [4.78, 5) is 12.0. The van der Waals surface area contributed by atoms with Gasteiger partial charge in [0.25, 0.3) is 0 Å². The minimum absolute atomic E-state index is 0.249. The highest BCUT2D eigenvalue weighted by Gasteiger charge is 2.01. The molecule has 0 aliphatic carbocycles. The van der Waals surface area contributed by atoms with Crippen molar-refractivity contribution in [2.75, 3.05) is 19.5 Å². The number of hydrogen-bond donors (Lipinski definition) is 1. The molecule has 0 fully saturated rings. The molecule has 4 nitrogen and oxygen atoms in total. The van der Waals surface area contributed by atoms with Crippen LogP contribution in [0.3, 0.4) is 0 Å². The van der Waals surface area contributed by atoms with Crippen LogP contribution in [-0.4, -0.2) is 20.1 Å². The molecule has 0 heterocycles. The number of carbonyl (C=O) groups excluding carboxylic acids is 1. The lowest BCUT2D eigenvalue weighted by Crippen LogP contribution is -2.07. The van der Waals surface area contributed by atoms with Gasteiger partial charge in [-0.2, -0.15) is 0 Å². The van der Waals surface area contributed by atoms with E-state index in [9.17, 15) is 4.79 Å². The summed E-state index contributed by atoms with van der Waals surface area (Å²) in [6.07, 6.45) is 8.47. The molecule has 0 bridgehead atoms. The summed E-state index contributed by atoms with van der Waals surface area (Å²) >= 11 is 0. The molecule has 0 unspecified atom stereocenters. The van der Waals surface area contributed by atoms with Crippen LogP contribution in [0.5, 0.6) is 11.5 Å². The maximum Gasteiger partial charge on any atom is 0.248 e. The Hall–Kier alpha value is -3.19. The molecule has 0 aliphatic rings. The monoisotopic (exact) mass is 307 g/mol. The third-order valence-corrected chi connectivity index (χ3v) is 3.10. The number of carbonyl (C=O) groups is 1. The number of anilines is 1. The van der Waals surface area contributed by atoms with Gasteiger partial charge in [0.15, 0.2) is 0 Å². The Morgan fingerprint density at radius 3 is 2.43 bits per heavy atom. The van der Waals surface area contributed by atoms with Crippen LogP contribution >= 0.6 is 0 Å². The minimum atomic E-state index is -0.249. The Labute approximate surface area is 135 Å². The molecule has 2 aromatic carbocycles. The maximum atomic E-state index is 12.0. The molecule has 23 heavy (non-hydrogen) atoms. The second-order valence-corrected chi connectivity index (χ2v) is 4.69. The molecule has 0 aromatic heterocycles. The van der Waals surface area contributed by atoms with Crippen molar-refractivity contribution >= 4 is 17.7 Å². The van der Waals surface area contributed by atoms with Crippen molar-refractivity contribution in [2.45, 2.75) is 0 Å². The lowest BCUT2D eigenvalue weighted by Gasteiger charge is -2.06. The molecule has 0 atom stereocenters. The number of amides is 1. The van der Waals surface area contributed by atoms with Crippen molar-refractivity contribution in [2.24, 2.45) is 0 Å². The van der Waals surface area contributed by atoms with Gasteiger partial charge in [0.1, 0.15) is 11.5 Å². The third-order valence-electron chi connectivity index (χ3n) is 3.10. The normalized spacial score (nSPS) is 10.1. The van der Waals surface area contributed by atoms with E-state index in [-0.39, 0.29) is 5.91 Å². The van der Waals surface area contributed by atoms with Gasteiger partial charge in [-0.05, 0) is 42.0 Å². The van der Waals surface area contributed by atoms with Gasteiger partial charge in [0.2, 0.25) is 5.91 Å². The summed E-state index contributed by atoms with van der Waals surface area (Å²) in [5.41, 5.74) is 2.16. The molecule has 1 amide bonds. The highest BCUT2D eigenvalue weighted by atomic mass is 16.5. The van der Waals surface area contributed by atoms with E-state index in [1.807, 2.05) is 12.1 Å². The Bertz CT molecular complexity index is 750. The van der Waals surface area contributed by atoms with Crippen LogP contribution in [0.15, 0.2) is 48.5 Å². The fraction of sp³-hybridized carbons (Fsp3) is 0.105. The van der Waals surface area contributed by atoms with Crippen LogP contribution in [0.1, 0.15) is 11.1 Å². The van der Waals surface area contributed by atoms with Gasteiger partial charge in [-0.1, -0.05) is 12.0 Å². The van der Waals surface area contributed by atoms with Gasteiger partial charge in [-0.3, -0.25) is 4.79 Å². The van der Waals surface area contributed by atoms with Crippen LogP contribution in [0.4, 0.5) is 5.69 Å². The van der Waals surface area contributed by atoms with Crippen molar-refractivity contribution in [3.8, 4) is 23.8 Å². The minimum Gasteiger partial charge on any atom is -0.497 e. The smallest absolute Gasteiger partial charge is 0.248 e. The molecular weight excluding hydrogens is 290 g/mol. The first-order valence-corrected chi connectivity index (χ1v) is 6.93. The van der Waals surface area contributed by atoms with Gasteiger partial charge < -0.3 is 14.8 Å². The number of hydrogen-bond acceptors (Lipinski definition) is 3. The summed E-state index contributed by atoms with van der Waals surface area (Å²) in [6.45, 7) is 0. The first kappa shape index (κ1) is 16.2. The van der Waals surface area contributed by atoms with Crippen LogP contribution in [-0.2, 0) is 4.79 Å². The van der Waals surface area contributed by atoms with Gasteiger partial charge in [0, 0.05) is 23.4 Å². The average Bonchev–Trinajstić information content (AvgIpc) is 2.59. The number of ether oxygens (including phenoxy) is 2. The van der Waals surface area contributed by atoms with Crippen molar-refractivity contribution in [1.82, 2.24) is 0 Å². The molecule has 2 aromatic rings. The van der Waals surface area contributed by atoms with Crippen molar-refractivity contribution in [3.05, 3.63) is 59.7 Å². The largest absolute Gasteiger partial charge is 0.497 e. The second-order valence-electron chi connectivity index (χ2n) is 4.69. The van der Waals surface area contributed by atoms with Gasteiger partial charge >= 0.3 is 0 Å². The zero-order chi connectivity index (χ0) is 16.7. The zero-order valence-corrected chi connectivity index (χ0v) is 13.0. The van der Waals surface area contributed by atoms with E-state index in [0.717, 1.165) is 5.56 Å². The van der Waals surface area contributed by atoms with Crippen LogP contribution in [0, 0.1) is 12.3 Å². The molecule has 0 radical (unpaired) electrons. The summed E-state index contributed by atoms with van der Waals surface area (Å²) in [5, 5.41) is 2.76. The highest BCUT2D eigenvalue weighted by Crippen LogP contribution is 2.23. The molecule has 1 N–H and O–H groups in total. The Morgan fingerprint density at radius 1 is 1.13 bits per heavy atom. The second kappa shape index (κ2) is 7.71. The third kappa shape index (κ3) is 4.65. The number of rotatable bonds is 5. The van der Waals surface area contributed by atoms with Crippen LogP contribution in [0.2, 0.25) is 0 Å². The predicted octanol–water partition coefficient (Wildman–Crippen LogP) is 3.34. The highest BCUT2D eigenvalue weighted by molar-refractivity contribution is 6.02. The molecule has 0 aliphatic heterocycles. The molecule has 0 spiro atoms. The number of benzene rings is 2. The summed E-state index contributed by atoms with van der Waals surface area (Å²) < 4.78 is 10.4. The fourth-order valence-electron chi connectivity index (χ4n) is 1.97. The maximum absolute atomic E-state index is 12.0. The predicted molar refractivity (Wildman–Crippen MR) is 91.6 cm³/mol. The number of nitrogens with one attached hydrogen (secondary N) is 1. The van der Waals surface area contributed by atoms with E-state index in [1.54, 1.807) is 50.6 Å². The standard InChI is InChI=1S/C19H17NO3/c1-4-14-6-5-7-16(10-14)20-19(21)9-8-15-11-17(22-2)13-18(12-15)23-3/h1,5-13H,2-3H3,(H,20,21). The lowest BCUT2D eigenvalue weighted by molar-refractivity contribution is -0.111. The molecule has 0 saturated heterocycles. The van der Waals surface area contributed by atoms with E-state index in [4.69, 9.17) is 15.9 Å². The van der Waals surface area contributed by atoms with Crippen LogP contribution < -0.4 is 14.8 Å². The van der Waals surface area contributed by atoms with Gasteiger partial charge in [-0.25, -0.2) is 0 Å². The Balaban J connectivity index is 2.10. The zero-order valence-electron chi connectivity index (χ0n) is 13.0. The summed E-state index contributed by atoms with van der Waals surface area (Å²) in [5.74, 6) is 3.59. The van der Waals surface area contributed by atoms with E-state index < -0.39 is 0 Å². The topological polar surface area (TPSA) is 47.6 Å². The Morgan fingerprint density at radius 2 is 1.83 bits per heavy atom. The molecule has 116 valence electrons. The van der Waals surface area contributed by atoms with Crippen molar-refractivity contribution < 1.29 is 14.3 Å². The SMILES string of the molecule is C#Cc1cccc(NC(=O)C=Cc2cc(OC)cc(OC)c2)c1. The molecule has 2 rings (SSSR count). The van der Waals surface area contributed by atoms with Crippen LogP contribution in [0.25, 0.3) is 6.08 Å². The lowest BCUT2D eigenvalue weighted by atomic mass is 10.2. The molecule has 0 saturated carbocycles. The first-order chi connectivity index (χ1) is 11.1. The summed E-state index contributed by atoms with van der Waals surface area (Å²) in [6, 6.07) is 12.5. The van der Waals surface area contributed by atoms with Crippen molar-refractivity contribution in [1.29, 1.82) is 0 Å². The fourth-order valence-corrected chi connectivity index (χ4v) is 1.97. The van der Waals surface area contributed by atoms with Gasteiger partial charge in [0.05, 0.1) is 14.2 Å². The van der Waals surface area contributed by atoms with Gasteiger partial charge in [-0.15, -0.1) is 6.42 Å².